The van der Waals surface area contributed by atoms with Crippen LogP contribution in [0.1, 0.15) is 0 Å². The molecule has 1 aliphatic rings. The molecule has 0 N–H and O–H groups in total. The summed E-state index contributed by atoms with van der Waals surface area (Å²) < 4.78 is 43.5. The molecular weight excluding hydrogens is 370 g/mol. The molecule has 0 bridgehead atoms. The summed E-state index contributed by atoms with van der Waals surface area (Å²) in [7, 11) is -0.723. The first kappa shape index (κ1) is 18.1. The van der Waals surface area contributed by atoms with E-state index < -0.39 is 16.1 Å². The Morgan fingerprint density at radius 3 is 2.74 bits per heavy atom. The van der Waals surface area contributed by atoms with E-state index >= 15 is 0 Å². The predicted octanol–water partition coefficient (Wildman–Crippen LogP) is 1.92. The van der Waals surface area contributed by atoms with Crippen molar-refractivity contribution in [1.29, 1.82) is 0 Å². The number of methoxy groups -OCH3 is 1. The molecule has 9 heteroatoms. The van der Waals surface area contributed by atoms with E-state index in [0.717, 1.165) is 5.56 Å². The maximum Gasteiger partial charge on any atom is 0.258 e. The van der Waals surface area contributed by atoms with Crippen molar-refractivity contribution in [3.05, 3.63) is 42.6 Å². The number of nitrogens with zero attached hydrogens (tertiary/aromatic N) is 3. The fourth-order valence-corrected chi connectivity index (χ4v) is 4.53. The Hall–Kier alpha value is -2.33. The standard InChI is InChI=1S/C18H19N3O5S/c1-21(15-10-25-11-16(15)24-2)27(22,23)13-8-14-17(12-6-4-3-5-7-12)20-26-18(14)19-9-13/h3-9,15-16H,10-11H2,1-2H3/t15-,16+/m0/s1. The SMILES string of the molecule is CO[C@@H]1COC[C@@H]1N(C)S(=O)(=O)c1cnc2onc(-c3ccccc3)c2c1. The molecule has 0 aliphatic carbocycles. The van der Waals surface area contributed by atoms with E-state index in [0.29, 0.717) is 17.7 Å². The van der Waals surface area contributed by atoms with E-state index in [1.54, 1.807) is 13.2 Å². The molecule has 4 rings (SSSR count). The highest BCUT2D eigenvalue weighted by molar-refractivity contribution is 7.89. The van der Waals surface area contributed by atoms with E-state index in [9.17, 15) is 8.42 Å². The first-order valence-corrected chi connectivity index (χ1v) is 9.86. The van der Waals surface area contributed by atoms with Crippen LogP contribution in [0, 0.1) is 0 Å². The summed E-state index contributed by atoms with van der Waals surface area (Å²) in [6.45, 7) is 0.647. The van der Waals surface area contributed by atoms with Crippen LogP contribution >= 0.6 is 0 Å². The highest BCUT2D eigenvalue weighted by atomic mass is 32.2. The van der Waals surface area contributed by atoms with Crippen molar-refractivity contribution in [3.8, 4) is 11.3 Å². The maximum absolute atomic E-state index is 13.1. The summed E-state index contributed by atoms with van der Waals surface area (Å²) in [5.41, 5.74) is 1.66. The normalized spacial score (nSPS) is 20.6. The summed E-state index contributed by atoms with van der Waals surface area (Å²) in [4.78, 5) is 4.21. The van der Waals surface area contributed by atoms with Gasteiger partial charge in [-0.15, -0.1) is 0 Å². The van der Waals surface area contributed by atoms with E-state index in [1.165, 1.54) is 17.5 Å². The number of sulfonamides is 1. The number of aromatic nitrogens is 2. The minimum atomic E-state index is -3.79. The van der Waals surface area contributed by atoms with Crippen LogP contribution in [-0.2, 0) is 19.5 Å². The lowest BCUT2D eigenvalue weighted by Crippen LogP contribution is -2.44. The summed E-state index contributed by atoms with van der Waals surface area (Å²) >= 11 is 0. The van der Waals surface area contributed by atoms with E-state index in [1.807, 2.05) is 30.3 Å². The van der Waals surface area contributed by atoms with Crippen LogP contribution in [0.2, 0.25) is 0 Å². The molecule has 0 spiro atoms. The zero-order valence-corrected chi connectivity index (χ0v) is 15.7. The Morgan fingerprint density at radius 2 is 2.00 bits per heavy atom. The van der Waals surface area contributed by atoms with Gasteiger partial charge < -0.3 is 14.0 Å². The topological polar surface area (TPSA) is 94.8 Å². The Kier molecular flexibility index (Phi) is 4.68. The second-order valence-corrected chi connectivity index (χ2v) is 8.32. The smallest absolute Gasteiger partial charge is 0.258 e. The molecule has 0 saturated carbocycles. The van der Waals surface area contributed by atoms with Crippen LogP contribution in [0.25, 0.3) is 22.4 Å². The number of hydrogen-bond donors (Lipinski definition) is 0. The zero-order valence-electron chi connectivity index (χ0n) is 14.9. The largest absolute Gasteiger partial charge is 0.377 e. The van der Waals surface area contributed by atoms with Crippen LogP contribution < -0.4 is 0 Å². The van der Waals surface area contributed by atoms with Crippen LogP contribution in [0.3, 0.4) is 0 Å². The van der Waals surface area contributed by atoms with Gasteiger partial charge in [0.15, 0.2) is 0 Å². The summed E-state index contributed by atoms with van der Waals surface area (Å²) in [5.74, 6) is 0. The number of rotatable bonds is 5. The van der Waals surface area contributed by atoms with Gasteiger partial charge in [0.05, 0.1) is 36.9 Å². The molecule has 8 nitrogen and oxygen atoms in total. The van der Waals surface area contributed by atoms with Crippen molar-refractivity contribution in [2.24, 2.45) is 0 Å². The fraction of sp³-hybridized carbons (Fsp3) is 0.333. The third kappa shape index (κ3) is 3.12. The number of pyridine rings is 1. The summed E-state index contributed by atoms with van der Waals surface area (Å²) in [6.07, 6.45) is 0.975. The first-order chi connectivity index (χ1) is 13.0. The fourth-order valence-electron chi connectivity index (χ4n) is 3.19. The number of ether oxygens (including phenoxy) is 2. The lowest BCUT2D eigenvalue weighted by Gasteiger charge is -2.26. The van der Waals surface area contributed by atoms with Gasteiger partial charge in [-0.2, -0.15) is 4.31 Å². The zero-order chi connectivity index (χ0) is 19.0. The Morgan fingerprint density at radius 1 is 1.22 bits per heavy atom. The first-order valence-electron chi connectivity index (χ1n) is 8.42. The molecule has 3 aromatic rings. The molecule has 0 amide bonds. The minimum Gasteiger partial charge on any atom is -0.377 e. The van der Waals surface area contributed by atoms with Crippen molar-refractivity contribution in [2.75, 3.05) is 27.4 Å². The number of hydrogen-bond acceptors (Lipinski definition) is 7. The van der Waals surface area contributed by atoms with Gasteiger partial charge in [-0.1, -0.05) is 35.5 Å². The van der Waals surface area contributed by atoms with Gasteiger partial charge in [0, 0.05) is 19.7 Å². The molecule has 0 radical (unpaired) electrons. The van der Waals surface area contributed by atoms with E-state index in [2.05, 4.69) is 10.1 Å². The van der Waals surface area contributed by atoms with Gasteiger partial charge in [-0.05, 0) is 6.07 Å². The van der Waals surface area contributed by atoms with Crippen molar-refractivity contribution in [3.63, 3.8) is 0 Å². The molecule has 2 atom stereocenters. The highest BCUT2D eigenvalue weighted by Gasteiger charge is 2.38. The molecule has 1 aromatic carbocycles. The van der Waals surface area contributed by atoms with Gasteiger partial charge in [-0.3, -0.25) is 0 Å². The van der Waals surface area contributed by atoms with Gasteiger partial charge in [0.2, 0.25) is 10.0 Å². The molecular formula is C18H19N3O5S. The molecule has 1 saturated heterocycles. The lowest BCUT2D eigenvalue weighted by atomic mass is 10.1. The Labute approximate surface area is 156 Å². The number of fused-ring (bicyclic) bond motifs is 1. The monoisotopic (exact) mass is 389 g/mol. The van der Waals surface area contributed by atoms with Gasteiger partial charge >= 0.3 is 0 Å². The van der Waals surface area contributed by atoms with Crippen LogP contribution in [0.15, 0.2) is 52.0 Å². The number of benzene rings is 1. The van der Waals surface area contributed by atoms with Crippen LogP contribution in [-0.4, -0.2) is 62.4 Å². The van der Waals surface area contributed by atoms with Gasteiger partial charge in [0.1, 0.15) is 10.6 Å². The second-order valence-electron chi connectivity index (χ2n) is 6.32. The van der Waals surface area contributed by atoms with Crippen LogP contribution in [0.4, 0.5) is 0 Å². The average Bonchev–Trinajstić information content (AvgIpc) is 3.34. The molecule has 3 heterocycles. The molecule has 2 aromatic heterocycles. The molecule has 1 fully saturated rings. The summed E-state index contributed by atoms with van der Waals surface area (Å²) in [5, 5.41) is 4.59. The van der Waals surface area contributed by atoms with Crippen molar-refractivity contribution < 1.29 is 22.4 Å². The molecule has 142 valence electrons. The number of likely N-dealkylation sites (N-methyl/N-ethyl adjacent to an activating group) is 1. The van der Waals surface area contributed by atoms with Gasteiger partial charge in [-0.25, -0.2) is 13.4 Å². The van der Waals surface area contributed by atoms with E-state index in [-0.39, 0.29) is 23.3 Å². The average molecular weight is 389 g/mol. The second kappa shape index (κ2) is 7.01. The third-order valence-electron chi connectivity index (χ3n) is 4.80. The lowest BCUT2D eigenvalue weighted by molar-refractivity contribution is 0.0644. The summed E-state index contributed by atoms with van der Waals surface area (Å²) in [6, 6.07) is 10.6. The van der Waals surface area contributed by atoms with Crippen molar-refractivity contribution >= 4 is 21.1 Å². The van der Waals surface area contributed by atoms with Crippen molar-refractivity contribution in [1.82, 2.24) is 14.4 Å². The van der Waals surface area contributed by atoms with Crippen LogP contribution in [0.5, 0.6) is 0 Å². The third-order valence-corrected chi connectivity index (χ3v) is 6.65. The van der Waals surface area contributed by atoms with Crippen molar-refractivity contribution in [2.45, 2.75) is 17.0 Å². The maximum atomic E-state index is 13.1. The quantitative estimate of drug-likeness (QED) is 0.658. The van der Waals surface area contributed by atoms with Gasteiger partial charge in [0.25, 0.3) is 5.71 Å². The predicted molar refractivity (Wildman–Crippen MR) is 97.6 cm³/mol. The Balaban J connectivity index is 1.75. The molecule has 1 aliphatic heterocycles. The Bertz CT molecular complexity index is 1050. The van der Waals surface area contributed by atoms with E-state index in [4.69, 9.17) is 14.0 Å². The molecule has 27 heavy (non-hydrogen) atoms. The minimum absolute atomic E-state index is 0.0691. The molecule has 0 unspecified atom stereocenters. The highest BCUT2D eigenvalue weighted by Crippen LogP contribution is 2.30.